The number of likely N-dealkylation sites (tertiary alicyclic amines) is 1. The van der Waals surface area contributed by atoms with E-state index >= 15 is 0 Å². The molecule has 2 saturated heterocycles. The summed E-state index contributed by atoms with van der Waals surface area (Å²) in [6.45, 7) is 6.68. The molecular weight excluding hydrogens is 452 g/mol. The van der Waals surface area contributed by atoms with Crippen molar-refractivity contribution < 1.29 is 24.2 Å². The minimum atomic E-state index is -0.893. The third kappa shape index (κ3) is 3.26. The van der Waals surface area contributed by atoms with Crippen molar-refractivity contribution in [3.8, 4) is 0 Å². The fourth-order valence-corrected chi connectivity index (χ4v) is 8.22. The Hall–Kier alpha value is -2.58. The van der Waals surface area contributed by atoms with Crippen LogP contribution in [-0.4, -0.2) is 69.6 Å². The Balaban J connectivity index is 1.65. The van der Waals surface area contributed by atoms with Crippen LogP contribution in [0.1, 0.15) is 24.5 Å². The molecule has 0 saturated carbocycles. The SMILES string of the molecule is Cc1ccc(C)c(N2CC=C[C@]34S[C@@]5(C)C=CCOC(=O)[C@H]5[C@H]3C(=O)N(CCCO)C4C2=O)c1. The van der Waals surface area contributed by atoms with Crippen LogP contribution in [0.2, 0.25) is 0 Å². The van der Waals surface area contributed by atoms with E-state index in [1.54, 1.807) is 9.80 Å². The third-order valence-corrected chi connectivity index (χ3v) is 9.32. The standard InChI is InChI=1S/C26H30N2O5S/c1-16-7-8-17(2)18(15-16)27-11-4-10-26-19(20-24(32)33-14-5-9-25(20,3)34-26)22(30)28(12-6-13-29)21(26)23(27)31/h4-5,7-10,15,19-21,29H,6,11-14H2,1-3H3/t19-,20+,21?,25-,26-/m0/s1. The molecule has 34 heavy (non-hydrogen) atoms. The molecule has 5 atom stereocenters. The Labute approximate surface area is 203 Å². The molecule has 7 nitrogen and oxygen atoms in total. The van der Waals surface area contributed by atoms with Gasteiger partial charge in [0.2, 0.25) is 5.91 Å². The summed E-state index contributed by atoms with van der Waals surface area (Å²) in [4.78, 5) is 44.7. The number of rotatable bonds is 4. The zero-order valence-corrected chi connectivity index (χ0v) is 20.5. The lowest BCUT2D eigenvalue weighted by Crippen LogP contribution is -2.53. The lowest BCUT2D eigenvalue weighted by atomic mass is 9.75. The van der Waals surface area contributed by atoms with Crippen LogP contribution in [0.15, 0.2) is 42.5 Å². The van der Waals surface area contributed by atoms with Gasteiger partial charge in [-0.05, 0) is 50.5 Å². The molecule has 0 radical (unpaired) electrons. The lowest BCUT2D eigenvalue weighted by Gasteiger charge is -2.37. The van der Waals surface area contributed by atoms with E-state index in [2.05, 4.69) is 0 Å². The monoisotopic (exact) mass is 482 g/mol. The van der Waals surface area contributed by atoms with Gasteiger partial charge < -0.3 is 19.6 Å². The van der Waals surface area contributed by atoms with Gasteiger partial charge in [0, 0.05) is 30.1 Å². The van der Waals surface area contributed by atoms with Crippen molar-refractivity contribution in [3.05, 3.63) is 53.6 Å². The van der Waals surface area contributed by atoms with Gasteiger partial charge in [-0.1, -0.05) is 30.4 Å². The molecular formula is C26H30N2O5S. The summed E-state index contributed by atoms with van der Waals surface area (Å²) in [5, 5.41) is 9.50. The number of anilines is 1. The minimum absolute atomic E-state index is 0.0854. The van der Waals surface area contributed by atoms with Crippen molar-refractivity contribution in [3.63, 3.8) is 0 Å². The maximum Gasteiger partial charge on any atom is 0.311 e. The Morgan fingerprint density at radius 3 is 2.68 bits per heavy atom. The van der Waals surface area contributed by atoms with Gasteiger partial charge in [-0.2, -0.15) is 0 Å². The van der Waals surface area contributed by atoms with Crippen molar-refractivity contribution in [2.45, 2.75) is 42.7 Å². The Bertz CT molecular complexity index is 1120. The van der Waals surface area contributed by atoms with Gasteiger partial charge in [0.25, 0.3) is 5.91 Å². The fraction of sp³-hybridized carbons (Fsp3) is 0.500. The number of aliphatic hydroxyl groups is 1. The van der Waals surface area contributed by atoms with Crippen LogP contribution < -0.4 is 4.90 Å². The first kappa shape index (κ1) is 23.2. The van der Waals surface area contributed by atoms with E-state index in [0.717, 1.165) is 16.8 Å². The highest BCUT2D eigenvalue weighted by Crippen LogP contribution is 2.65. The molecule has 0 bridgehead atoms. The van der Waals surface area contributed by atoms with E-state index in [1.165, 1.54) is 11.8 Å². The van der Waals surface area contributed by atoms with Gasteiger partial charge in [0.1, 0.15) is 12.6 Å². The molecule has 4 aliphatic rings. The van der Waals surface area contributed by atoms with Crippen molar-refractivity contribution >= 4 is 35.2 Å². The predicted octanol–water partition coefficient (Wildman–Crippen LogP) is 2.39. The summed E-state index contributed by atoms with van der Waals surface area (Å²) in [6.07, 6.45) is 8.12. The average Bonchev–Trinajstić information content (AvgIpc) is 3.05. The summed E-state index contributed by atoms with van der Waals surface area (Å²) in [5.74, 6) is -2.16. The number of fused-ring (bicyclic) bond motifs is 2. The number of nitrogens with zero attached hydrogens (tertiary/aromatic N) is 2. The number of hydrogen-bond donors (Lipinski definition) is 1. The van der Waals surface area contributed by atoms with Crippen molar-refractivity contribution in [1.82, 2.24) is 4.90 Å². The summed E-state index contributed by atoms with van der Waals surface area (Å²) in [7, 11) is 0. The minimum Gasteiger partial charge on any atom is -0.461 e. The highest BCUT2D eigenvalue weighted by Gasteiger charge is 2.74. The lowest BCUT2D eigenvalue weighted by molar-refractivity contribution is -0.152. The number of aliphatic hydroxyl groups excluding tert-OH is 1. The van der Waals surface area contributed by atoms with Gasteiger partial charge in [-0.15, -0.1) is 11.8 Å². The van der Waals surface area contributed by atoms with E-state index in [9.17, 15) is 19.5 Å². The second-order valence-corrected chi connectivity index (χ2v) is 11.6. The molecule has 5 rings (SSSR count). The van der Waals surface area contributed by atoms with Gasteiger partial charge in [0.15, 0.2) is 0 Å². The van der Waals surface area contributed by atoms with Crippen LogP contribution in [0.4, 0.5) is 5.69 Å². The second-order valence-electron chi connectivity index (χ2n) is 9.78. The van der Waals surface area contributed by atoms with E-state index in [4.69, 9.17) is 4.74 Å². The number of ether oxygens (including phenoxy) is 1. The number of hydrogen-bond acceptors (Lipinski definition) is 6. The maximum absolute atomic E-state index is 14.3. The van der Waals surface area contributed by atoms with Crippen molar-refractivity contribution in [1.29, 1.82) is 0 Å². The van der Waals surface area contributed by atoms with Crippen LogP contribution in [0.25, 0.3) is 0 Å². The smallest absolute Gasteiger partial charge is 0.311 e. The highest BCUT2D eigenvalue weighted by atomic mass is 32.2. The third-order valence-electron chi connectivity index (χ3n) is 7.53. The number of esters is 1. The number of thioether (sulfide) groups is 1. The predicted molar refractivity (Wildman–Crippen MR) is 130 cm³/mol. The van der Waals surface area contributed by atoms with E-state index in [1.807, 2.05) is 63.3 Å². The molecule has 1 aromatic carbocycles. The van der Waals surface area contributed by atoms with Crippen LogP contribution in [-0.2, 0) is 19.1 Å². The summed E-state index contributed by atoms with van der Waals surface area (Å²) < 4.78 is 3.89. The number of carbonyl (C=O) groups is 3. The Morgan fingerprint density at radius 1 is 1.12 bits per heavy atom. The van der Waals surface area contributed by atoms with E-state index in [-0.39, 0.29) is 31.6 Å². The first-order valence-electron chi connectivity index (χ1n) is 11.8. The number of carbonyl (C=O) groups excluding carboxylic acids is 3. The largest absolute Gasteiger partial charge is 0.461 e. The molecule has 1 unspecified atom stereocenters. The Morgan fingerprint density at radius 2 is 1.91 bits per heavy atom. The first-order valence-corrected chi connectivity index (χ1v) is 12.6. The molecule has 2 amide bonds. The summed E-state index contributed by atoms with van der Waals surface area (Å²) in [5.41, 5.74) is 2.85. The molecule has 1 aromatic rings. The molecule has 1 spiro atoms. The normalized spacial score (nSPS) is 34.5. The van der Waals surface area contributed by atoms with E-state index < -0.39 is 33.3 Å². The molecule has 1 N–H and O–H groups in total. The summed E-state index contributed by atoms with van der Waals surface area (Å²) in [6, 6.07) is 5.24. The van der Waals surface area contributed by atoms with Crippen molar-refractivity contribution in [2.75, 3.05) is 31.2 Å². The van der Waals surface area contributed by atoms with Crippen molar-refractivity contribution in [2.24, 2.45) is 11.8 Å². The van der Waals surface area contributed by atoms with Gasteiger partial charge in [-0.25, -0.2) is 0 Å². The van der Waals surface area contributed by atoms with Crippen LogP contribution in [0, 0.1) is 25.7 Å². The number of aryl methyl sites for hydroxylation is 2. The average molecular weight is 483 g/mol. The van der Waals surface area contributed by atoms with E-state index in [0.29, 0.717) is 13.0 Å². The maximum atomic E-state index is 14.3. The molecule has 4 aliphatic heterocycles. The fourth-order valence-electron chi connectivity index (χ4n) is 6.06. The molecule has 180 valence electrons. The van der Waals surface area contributed by atoms with Crippen LogP contribution >= 0.6 is 11.8 Å². The molecule has 8 heteroatoms. The zero-order chi connectivity index (χ0) is 24.3. The molecule has 0 aliphatic carbocycles. The van der Waals surface area contributed by atoms with Crippen LogP contribution in [0.5, 0.6) is 0 Å². The topological polar surface area (TPSA) is 87.2 Å². The highest BCUT2D eigenvalue weighted by molar-refractivity contribution is 8.02. The molecule has 4 heterocycles. The second kappa shape index (κ2) is 8.27. The number of cyclic esters (lactones) is 1. The number of benzene rings is 1. The van der Waals surface area contributed by atoms with Gasteiger partial charge in [0.05, 0.1) is 16.6 Å². The zero-order valence-electron chi connectivity index (χ0n) is 19.7. The van der Waals surface area contributed by atoms with Gasteiger partial charge in [-0.3, -0.25) is 14.4 Å². The van der Waals surface area contributed by atoms with Gasteiger partial charge >= 0.3 is 5.97 Å². The van der Waals surface area contributed by atoms with Crippen LogP contribution in [0.3, 0.4) is 0 Å². The first-order chi connectivity index (χ1) is 16.2. The Kier molecular flexibility index (Phi) is 5.64. The number of amides is 2. The molecule has 2 fully saturated rings. The molecule has 0 aromatic heterocycles. The summed E-state index contributed by atoms with van der Waals surface area (Å²) >= 11 is 1.53. The quantitative estimate of drug-likeness (QED) is 0.524.